The van der Waals surface area contributed by atoms with Crippen LogP contribution in [0.5, 0.6) is 0 Å². The number of fused-ring (bicyclic) bond motifs is 1. The molecule has 0 spiro atoms. The van der Waals surface area contributed by atoms with Gasteiger partial charge in [0, 0.05) is 35.6 Å². The first-order chi connectivity index (χ1) is 18.2. The van der Waals surface area contributed by atoms with Crippen LogP contribution < -0.4 is 0 Å². The van der Waals surface area contributed by atoms with Crippen molar-refractivity contribution in [3.63, 3.8) is 0 Å². The molecule has 0 unspecified atom stereocenters. The Morgan fingerprint density at radius 3 is 2.36 bits per heavy atom. The van der Waals surface area contributed by atoms with E-state index in [9.17, 15) is 35.9 Å². The van der Waals surface area contributed by atoms with E-state index in [1.807, 2.05) is 0 Å². The number of aromatic nitrogens is 1. The van der Waals surface area contributed by atoms with Gasteiger partial charge >= 0.3 is 6.18 Å². The maximum Gasteiger partial charge on any atom is 0.416 e. The maximum absolute atomic E-state index is 13.8. The summed E-state index contributed by atoms with van der Waals surface area (Å²) in [6.45, 7) is 2.25. The Balaban J connectivity index is 1.57. The Kier molecular flexibility index (Phi) is 7.68. The minimum Gasteiger partial charge on any atom is -0.456 e. The van der Waals surface area contributed by atoms with E-state index in [1.54, 1.807) is 18.2 Å². The van der Waals surface area contributed by atoms with E-state index in [4.69, 9.17) is 4.42 Å². The Hall–Kier alpha value is -3.95. The molecule has 0 saturated carbocycles. The quantitative estimate of drug-likeness (QED) is 0.157. The lowest BCUT2D eigenvalue weighted by atomic mass is 9.96. The summed E-state index contributed by atoms with van der Waals surface area (Å²) in [5.41, 5.74) is -2.46. The molecule has 204 valence electrons. The van der Waals surface area contributed by atoms with Crippen molar-refractivity contribution in [3.05, 3.63) is 88.7 Å². The molecule has 2 aromatic heterocycles. The summed E-state index contributed by atoms with van der Waals surface area (Å²) in [4.78, 5) is 28.7. The van der Waals surface area contributed by atoms with Crippen molar-refractivity contribution < 1.29 is 40.3 Å². The van der Waals surface area contributed by atoms with Crippen molar-refractivity contribution in [1.29, 1.82) is 0 Å². The first-order valence-electron chi connectivity index (χ1n) is 11.9. The second-order valence-electron chi connectivity index (χ2n) is 9.63. The predicted molar refractivity (Wildman–Crippen MR) is 132 cm³/mol. The molecule has 0 atom stereocenters. The number of hydrogen-bond acceptors (Lipinski definition) is 4. The van der Waals surface area contributed by atoms with Crippen LogP contribution in [0.4, 0.5) is 26.3 Å². The van der Waals surface area contributed by atoms with Crippen LogP contribution in [0.3, 0.4) is 0 Å². The summed E-state index contributed by atoms with van der Waals surface area (Å²) in [5, 5.41) is 0.515. The Labute approximate surface area is 219 Å². The molecule has 0 bridgehead atoms. The third-order valence-electron chi connectivity index (χ3n) is 6.21. The largest absolute Gasteiger partial charge is 0.456 e. The molecule has 4 rings (SSSR count). The number of hydrogen-bond donors (Lipinski definition) is 0. The lowest BCUT2D eigenvalue weighted by molar-refractivity contribution is -0.137. The smallest absolute Gasteiger partial charge is 0.416 e. The number of aryl methyl sites for hydroxylation is 1. The van der Waals surface area contributed by atoms with Crippen molar-refractivity contribution >= 4 is 22.5 Å². The summed E-state index contributed by atoms with van der Waals surface area (Å²) in [6.07, 6.45) is -6.81. The average molecular weight is 547 g/mol. The summed E-state index contributed by atoms with van der Waals surface area (Å²) < 4.78 is 86.0. The van der Waals surface area contributed by atoms with Gasteiger partial charge in [-0.2, -0.15) is 13.2 Å². The zero-order valence-electron chi connectivity index (χ0n) is 20.9. The standard InChI is InChI=1S/C29H23F6NO3/c1-28(2,32)25(38)9-7-17-11-21(26(27(30)31)36-15-17)22(37)12-16-6-8-23-19(10-16)14-24(39-23)18-4-3-5-20(13-18)29(33,34)35/h3-6,8,10-11,13-15,27H,7,9,12H2,1-2H3. The van der Waals surface area contributed by atoms with Gasteiger partial charge in [0.1, 0.15) is 17.0 Å². The Bertz CT molecular complexity index is 1530. The second kappa shape index (κ2) is 10.7. The normalized spacial score (nSPS) is 12.3. The molecule has 0 radical (unpaired) electrons. The Morgan fingerprint density at radius 2 is 1.69 bits per heavy atom. The van der Waals surface area contributed by atoms with Gasteiger partial charge in [0.05, 0.1) is 5.56 Å². The fraction of sp³-hybridized carbons (Fsp3) is 0.276. The molecular weight excluding hydrogens is 524 g/mol. The molecule has 0 saturated heterocycles. The SMILES string of the molecule is CC(C)(F)C(=O)CCc1cnc(C(F)F)c(C(=O)Cc2ccc3oc(-c4cccc(C(F)(F)F)c4)cc3c2)c1. The van der Waals surface area contributed by atoms with Crippen molar-refractivity contribution in [2.45, 2.75) is 51.4 Å². The number of nitrogens with zero attached hydrogens (tertiary/aromatic N) is 1. The Morgan fingerprint density at radius 1 is 0.949 bits per heavy atom. The van der Waals surface area contributed by atoms with Gasteiger partial charge < -0.3 is 4.42 Å². The van der Waals surface area contributed by atoms with E-state index in [0.717, 1.165) is 32.2 Å². The number of rotatable bonds is 9. The highest BCUT2D eigenvalue weighted by Crippen LogP contribution is 2.34. The van der Waals surface area contributed by atoms with Gasteiger partial charge in [-0.15, -0.1) is 0 Å². The number of halogens is 6. The topological polar surface area (TPSA) is 60.2 Å². The highest BCUT2D eigenvalue weighted by molar-refractivity contribution is 5.99. The van der Waals surface area contributed by atoms with Crippen LogP contribution in [0.15, 0.2) is 65.2 Å². The van der Waals surface area contributed by atoms with Crippen LogP contribution in [0.25, 0.3) is 22.3 Å². The number of furan rings is 1. The van der Waals surface area contributed by atoms with Crippen LogP contribution >= 0.6 is 0 Å². The van der Waals surface area contributed by atoms with Gasteiger partial charge in [-0.3, -0.25) is 14.6 Å². The third kappa shape index (κ3) is 6.55. The van der Waals surface area contributed by atoms with E-state index in [0.29, 0.717) is 22.1 Å². The molecule has 10 heteroatoms. The van der Waals surface area contributed by atoms with Crippen LogP contribution in [0, 0.1) is 0 Å². The molecule has 2 heterocycles. The summed E-state index contributed by atoms with van der Waals surface area (Å²) in [7, 11) is 0. The summed E-state index contributed by atoms with van der Waals surface area (Å²) in [5.74, 6) is -1.11. The molecule has 0 N–H and O–H groups in total. The van der Waals surface area contributed by atoms with E-state index >= 15 is 0 Å². The van der Waals surface area contributed by atoms with Gasteiger partial charge in [-0.25, -0.2) is 13.2 Å². The predicted octanol–water partition coefficient (Wildman–Crippen LogP) is 8.13. The molecular formula is C29H23F6NO3. The highest BCUT2D eigenvalue weighted by Gasteiger charge is 2.31. The zero-order valence-corrected chi connectivity index (χ0v) is 20.9. The lowest BCUT2D eigenvalue weighted by Gasteiger charge is -2.13. The fourth-order valence-electron chi connectivity index (χ4n) is 4.08. The third-order valence-corrected chi connectivity index (χ3v) is 6.21. The molecule has 4 aromatic rings. The van der Waals surface area contributed by atoms with E-state index in [2.05, 4.69) is 4.98 Å². The second-order valence-corrected chi connectivity index (χ2v) is 9.63. The van der Waals surface area contributed by atoms with Crippen LogP contribution in [-0.4, -0.2) is 22.2 Å². The van der Waals surface area contributed by atoms with Gasteiger partial charge in [0.2, 0.25) is 0 Å². The summed E-state index contributed by atoms with van der Waals surface area (Å²) >= 11 is 0. The first kappa shape index (κ1) is 28.1. The van der Waals surface area contributed by atoms with Gasteiger partial charge in [-0.05, 0) is 67.8 Å². The number of alkyl halides is 6. The van der Waals surface area contributed by atoms with Crippen LogP contribution in [-0.2, 0) is 23.8 Å². The van der Waals surface area contributed by atoms with Gasteiger partial charge in [-0.1, -0.05) is 18.2 Å². The van der Waals surface area contributed by atoms with Crippen molar-refractivity contribution in [1.82, 2.24) is 4.98 Å². The first-order valence-corrected chi connectivity index (χ1v) is 11.9. The zero-order chi connectivity index (χ0) is 28.5. The number of carbonyl (C=O) groups is 2. The highest BCUT2D eigenvalue weighted by atomic mass is 19.4. The molecule has 39 heavy (non-hydrogen) atoms. The van der Waals surface area contributed by atoms with Gasteiger partial charge in [0.25, 0.3) is 6.43 Å². The number of Topliss-reactive ketones (excluding diaryl/α,β-unsaturated/α-hetero) is 2. The molecule has 0 fully saturated rings. The van der Waals surface area contributed by atoms with E-state index in [1.165, 1.54) is 24.3 Å². The molecule has 0 amide bonds. The van der Waals surface area contributed by atoms with E-state index < -0.39 is 41.1 Å². The molecule has 0 aliphatic heterocycles. The molecule has 0 aliphatic carbocycles. The molecule has 4 nitrogen and oxygen atoms in total. The minimum atomic E-state index is -4.52. The maximum atomic E-state index is 13.8. The lowest BCUT2D eigenvalue weighted by Crippen LogP contribution is -2.26. The molecule has 2 aromatic carbocycles. The van der Waals surface area contributed by atoms with Crippen LogP contribution in [0.1, 0.15) is 59.4 Å². The average Bonchev–Trinajstić information content (AvgIpc) is 3.29. The number of benzene rings is 2. The number of pyridine rings is 1. The van der Waals surface area contributed by atoms with Crippen molar-refractivity contribution in [2.75, 3.05) is 0 Å². The summed E-state index contributed by atoms with van der Waals surface area (Å²) in [6, 6.07) is 12.1. The van der Waals surface area contributed by atoms with Gasteiger partial charge in [0.15, 0.2) is 17.2 Å². The minimum absolute atomic E-state index is 0.0300. The van der Waals surface area contributed by atoms with Crippen LogP contribution in [0.2, 0.25) is 0 Å². The molecule has 0 aliphatic rings. The fourth-order valence-corrected chi connectivity index (χ4v) is 4.08. The van der Waals surface area contributed by atoms with Crippen molar-refractivity contribution in [2.24, 2.45) is 0 Å². The number of ketones is 2. The monoisotopic (exact) mass is 547 g/mol. The number of carbonyl (C=O) groups excluding carboxylic acids is 2. The van der Waals surface area contributed by atoms with E-state index in [-0.39, 0.29) is 36.1 Å². The van der Waals surface area contributed by atoms with Crippen molar-refractivity contribution in [3.8, 4) is 11.3 Å².